The van der Waals surface area contributed by atoms with Crippen LogP contribution in [0.1, 0.15) is 0 Å². The second-order valence-corrected chi connectivity index (χ2v) is 5.60. The van der Waals surface area contributed by atoms with Crippen LogP contribution in [0.15, 0.2) is 0 Å². The zero-order chi connectivity index (χ0) is 11.5. The Bertz CT molecular complexity index is 360. The van der Waals surface area contributed by atoms with Crippen LogP contribution in [0.2, 0.25) is 0 Å². The van der Waals surface area contributed by atoms with Gasteiger partial charge in [0.15, 0.2) is 9.84 Å². The van der Waals surface area contributed by atoms with Crippen LogP contribution in [-0.4, -0.2) is 45.0 Å². The lowest BCUT2D eigenvalue weighted by molar-refractivity contribution is -0.117. The summed E-state index contributed by atoms with van der Waals surface area (Å²) in [5.41, 5.74) is 4.68. The molecule has 86 valence electrons. The summed E-state index contributed by atoms with van der Waals surface area (Å²) in [7, 11) is -3.45. The fourth-order valence-corrected chi connectivity index (χ4v) is 2.80. The van der Waals surface area contributed by atoms with E-state index in [9.17, 15) is 18.0 Å². The molecule has 0 bridgehead atoms. The maximum atomic E-state index is 11.4. The zero-order valence-electron chi connectivity index (χ0n) is 8.02. The molecule has 0 spiro atoms. The number of urea groups is 1. The first-order valence-corrected chi connectivity index (χ1v) is 6.21. The summed E-state index contributed by atoms with van der Waals surface area (Å²) in [6.45, 7) is 1.30. The molecular weight excluding hydrogens is 222 g/mol. The first kappa shape index (κ1) is 11.9. The Labute approximate surface area is 87.3 Å². The summed E-state index contributed by atoms with van der Waals surface area (Å²) in [6.07, 6.45) is 0. The number of hydrogen-bond acceptors (Lipinski definition) is 5. The molecule has 0 atom stereocenters. The maximum absolute atomic E-state index is 11.4. The van der Waals surface area contributed by atoms with Crippen LogP contribution in [0.5, 0.6) is 0 Å². The monoisotopic (exact) mass is 235 g/mol. The van der Waals surface area contributed by atoms with Crippen LogP contribution in [0.3, 0.4) is 0 Å². The van der Waals surface area contributed by atoms with Gasteiger partial charge in [0.2, 0.25) is 5.91 Å². The average molecular weight is 235 g/mol. The quantitative estimate of drug-likeness (QED) is 0.511. The van der Waals surface area contributed by atoms with Gasteiger partial charge in [0.25, 0.3) is 0 Å². The van der Waals surface area contributed by atoms with Gasteiger partial charge in [0.05, 0.1) is 5.75 Å². The first-order chi connectivity index (χ1) is 6.89. The third-order valence-electron chi connectivity index (χ3n) is 1.97. The van der Waals surface area contributed by atoms with Gasteiger partial charge in [-0.25, -0.2) is 13.2 Å². The summed E-state index contributed by atoms with van der Waals surface area (Å²) >= 11 is 0. The highest BCUT2D eigenvalue weighted by Crippen LogP contribution is 2.07. The van der Waals surface area contributed by atoms with E-state index in [1.54, 1.807) is 5.32 Å². The van der Waals surface area contributed by atoms with E-state index >= 15 is 0 Å². The summed E-state index contributed by atoms with van der Waals surface area (Å²) in [6, 6.07) is -1.04. The molecule has 3 amide bonds. The van der Waals surface area contributed by atoms with E-state index in [4.69, 9.17) is 0 Å². The van der Waals surface area contributed by atoms with E-state index in [2.05, 4.69) is 11.1 Å². The Kier molecular flexibility index (Phi) is 3.64. The lowest BCUT2D eigenvalue weighted by Crippen LogP contribution is -2.47. The highest BCUT2D eigenvalue weighted by molar-refractivity contribution is 7.92. The van der Waals surface area contributed by atoms with Crippen molar-refractivity contribution in [2.45, 2.75) is 0 Å². The molecule has 1 saturated heterocycles. The minimum absolute atomic E-state index is 0.0355. The minimum atomic E-state index is -3.45. The summed E-state index contributed by atoms with van der Waals surface area (Å²) in [5, 5.41) is 4.64. The van der Waals surface area contributed by atoms with Gasteiger partial charge in [-0.2, -0.15) is 0 Å². The summed E-state index contributed by atoms with van der Waals surface area (Å²) < 4.78 is 22.8. The Morgan fingerprint density at radius 2 is 2.00 bits per heavy atom. The van der Waals surface area contributed by atoms with Crippen molar-refractivity contribution in [3.05, 3.63) is 0 Å². The number of sulfone groups is 1. The Morgan fingerprint density at radius 3 is 2.40 bits per heavy atom. The predicted octanol–water partition coefficient (Wildman–Crippen LogP) is -2.18. The lowest BCUT2D eigenvalue weighted by atomic mass is 10.1. The number of carbonyl (C=O) groups is 2. The number of carbonyl (C=O) groups excluding carboxylic acids is 2. The van der Waals surface area contributed by atoms with Crippen molar-refractivity contribution in [3.8, 4) is 0 Å². The fraction of sp³-hybridized carbons (Fsp3) is 0.714. The van der Waals surface area contributed by atoms with Crippen LogP contribution >= 0.6 is 0 Å². The molecule has 0 aromatic carbocycles. The van der Waals surface area contributed by atoms with Gasteiger partial charge in [-0.05, 0) is 5.92 Å². The number of imide groups is 1. The molecule has 0 aromatic heterocycles. The van der Waals surface area contributed by atoms with Gasteiger partial charge in [-0.3, -0.25) is 10.1 Å². The van der Waals surface area contributed by atoms with Gasteiger partial charge in [0, 0.05) is 13.1 Å². The van der Waals surface area contributed by atoms with Gasteiger partial charge in [-0.15, -0.1) is 0 Å². The van der Waals surface area contributed by atoms with Crippen LogP contribution in [0.4, 0.5) is 4.79 Å². The molecule has 1 rings (SSSR count). The molecule has 4 N–H and O–H groups in total. The van der Waals surface area contributed by atoms with Crippen molar-refractivity contribution in [1.82, 2.24) is 10.6 Å². The Balaban J connectivity index is 2.40. The number of hydrogen-bond donors (Lipinski definition) is 3. The van der Waals surface area contributed by atoms with Crippen LogP contribution in [-0.2, 0) is 14.6 Å². The largest absolute Gasteiger partial charge is 0.351 e. The van der Waals surface area contributed by atoms with Crippen molar-refractivity contribution in [2.75, 3.05) is 24.6 Å². The third kappa shape index (κ3) is 4.26. The molecule has 1 aliphatic heterocycles. The highest BCUT2D eigenvalue weighted by Gasteiger charge is 2.26. The molecule has 1 fully saturated rings. The standard InChI is InChI=1S/C7H13N3O4S/c8-7(12)10-6(11)4-15(13,14)3-5-1-9-2-5/h5,9H,1-4H2,(H3,8,10,11,12). The summed E-state index contributed by atoms with van der Waals surface area (Å²) in [5.74, 6) is -1.54. The third-order valence-corrected chi connectivity index (χ3v) is 3.65. The van der Waals surface area contributed by atoms with E-state index in [0.29, 0.717) is 13.1 Å². The Morgan fingerprint density at radius 1 is 1.40 bits per heavy atom. The normalized spacial score (nSPS) is 16.8. The molecule has 15 heavy (non-hydrogen) atoms. The number of nitrogens with one attached hydrogen (secondary N) is 2. The van der Waals surface area contributed by atoms with Crippen molar-refractivity contribution >= 4 is 21.8 Å². The number of primary amides is 1. The Hall–Kier alpha value is -1.15. The van der Waals surface area contributed by atoms with Crippen molar-refractivity contribution < 1.29 is 18.0 Å². The van der Waals surface area contributed by atoms with Crippen molar-refractivity contribution in [1.29, 1.82) is 0 Å². The van der Waals surface area contributed by atoms with Crippen molar-refractivity contribution in [2.24, 2.45) is 11.7 Å². The molecule has 0 radical (unpaired) electrons. The van der Waals surface area contributed by atoms with Gasteiger partial charge < -0.3 is 11.1 Å². The molecule has 0 unspecified atom stereocenters. The van der Waals surface area contributed by atoms with E-state index in [1.807, 2.05) is 0 Å². The molecule has 0 aliphatic carbocycles. The SMILES string of the molecule is NC(=O)NC(=O)CS(=O)(=O)CC1CNC1. The van der Waals surface area contributed by atoms with E-state index in [0.717, 1.165) is 0 Å². The maximum Gasteiger partial charge on any atom is 0.318 e. The molecule has 8 heteroatoms. The smallest absolute Gasteiger partial charge is 0.318 e. The molecule has 1 aliphatic rings. The molecular formula is C7H13N3O4S. The highest BCUT2D eigenvalue weighted by atomic mass is 32.2. The molecule has 1 heterocycles. The number of rotatable bonds is 4. The van der Waals surface area contributed by atoms with Crippen LogP contribution in [0.25, 0.3) is 0 Å². The van der Waals surface area contributed by atoms with E-state index in [1.165, 1.54) is 0 Å². The summed E-state index contributed by atoms with van der Waals surface area (Å²) in [4.78, 5) is 21.2. The zero-order valence-corrected chi connectivity index (χ0v) is 8.84. The second kappa shape index (κ2) is 4.58. The molecule has 0 saturated carbocycles. The predicted molar refractivity (Wildman–Crippen MR) is 52.7 cm³/mol. The number of nitrogens with two attached hydrogens (primary N) is 1. The average Bonchev–Trinajstić information content (AvgIpc) is 1.94. The van der Waals surface area contributed by atoms with E-state index in [-0.39, 0.29) is 11.7 Å². The van der Waals surface area contributed by atoms with E-state index < -0.39 is 27.5 Å². The van der Waals surface area contributed by atoms with Gasteiger partial charge in [-0.1, -0.05) is 0 Å². The molecule has 0 aromatic rings. The minimum Gasteiger partial charge on any atom is -0.351 e. The van der Waals surface area contributed by atoms with Crippen molar-refractivity contribution in [3.63, 3.8) is 0 Å². The first-order valence-electron chi connectivity index (χ1n) is 4.39. The fourth-order valence-electron chi connectivity index (χ4n) is 1.26. The van der Waals surface area contributed by atoms with Gasteiger partial charge >= 0.3 is 6.03 Å². The van der Waals surface area contributed by atoms with Gasteiger partial charge in [0.1, 0.15) is 5.75 Å². The second-order valence-electron chi connectivity index (χ2n) is 3.49. The topological polar surface area (TPSA) is 118 Å². The lowest BCUT2D eigenvalue weighted by Gasteiger charge is -2.26. The van der Waals surface area contributed by atoms with Crippen LogP contribution in [0, 0.1) is 5.92 Å². The van der Waals surface area contributed by atoms with Crippen LogP contribution < -0.4 is 16.4 Å². The number of amides is 3. The molecule has 7 nitrogen and oxygen atoms in total.